The molecular weight excluding hydrogens is 535 g/mol. The molecule has 1 atom stereocenters. The van der Waals surface area contributed by atoms with Crippen LogP contribution in [-0.4, -0.2) is 28.7 Å². The number of benzene rings is 3. The first-order valence-electron chi connectivity index (χ1n) is 12.7. The predicted octanol–water partition coefficient (Wildman–Crippen LogP) is 6.64. The average molecular weight is 566 g/mol. The van der Waals surface area contributed by atoms with Gasteiger partial charge < -0.3 is 20.9 Å². The summed E-state index contributed by atoms with van der Waals surface area (Å²) in [4.78, 5) is 27.9. The van der Waals surface area contributed by atoms with Gasteiger partial charge in [-0.25, -0.2) is 9.59 Å². The van der Waals surface area contributed by atoms with Crippen LogP contribution in [0.1, 0.15) is 45.8 Å². The minimum atomic E-state index is -4.44. The number of carbonyl (C=O) groups is 2. The van der Waals surface area contributed by atoms with Gasteiger partial charge in [0.15, 0.2) is 0 Å². The lowest BCUT2D eigenvalue weighted by Gasteiger charge is -2.16. The number of alkyl carbamates (subject to hydrolysis) is 1. The number of nitrogens with zero attached hydrogens (tertiary/aromatic N) is 1. The molecule has 3 aromatic carbocycles. The first-order chi connectivity index (χ1) is 19.6. The van der Waals surface area contributed by atoms with Crippen molar-refractivity contribution in [1.29, 1.82) is 0 Å². The van der Waals surface area contributed by atoms with Gasteiger partial charge >= 0.3 is 18.2 Å². The Morgan fingerprint density at radius 2 is 1.56 bits per heavy atom. The van der Waals surface area contributed by atoms with Gasteiger partial charge in [-0.05, 0) is 66.1 Å². The van der Waals surface area contributed by atoms with E-state index in [1.54, 1.807) is 55.6 Å². The van der Waals surface area contributed by atoms with E-state index in [0.29, 0.717) is 28.8 Å². The second kappa shape index (κ2) is 14.6. The summed E-state index contributed by atoms with van der Waals surface area (Å²) in [6.45, 7) is 2.30. The number of amides is 1. The molecule has 0 bridgehead atoms. The first kappa shape index (κ1) is 30.8. The molecule has 10 heteroatoms. The summed E-state index contributed by atoms with van der Waals surface area (Å²) >= 11 is 0. The van der Waals surface area contributed by atoms with E-state index in [9.17, 15) is 27.9 Å². The van der Waals surface area contributed by atoms with Gasteiger partial charge in [0.05, 0.1) is 11.1 Å². The summed E-state index contributed by atoms with van der Waals surface area (Å²) in [5, 5.41) is 12.1. The van der Waals surface area contributed by atoms with Gasteiger partial charge in [-0.3, -0.25) is 4.98 Å². The number of rotatable bonds is 8. The van der Waals surface area contributed by atoms with Crippen LogP contribution in [0.2, 0.25) is 0 Å². The highest BCUT2D eigenvalue weighted by Gasteiger charge is 2.30. The van der Waals surface area contributed by atoms with Crippen LogP contribution in [0.5, 0.6) is 0 Å². The number of aromatic carboxylic acids is 1. The molecule has 0 aliphatic rings. The molecule has 1 unspecified atom stereocenters. The van der Waals surface area contributed by atoms with Crippen LogP contribution < -0.4 is 11.1 Å². The van der Waals surface area contributed by atoms with Crippen LogP contribution in [0.25, 0.3) is 11.1 Å². The minimum absolute atomic E-state index is 0.0721. The number of carbonyl (C=O) groups excluding carboxylic acids is 1. The molecule has 0 saturated carbocycles. The van der Waals surface area contributed by atoms with Crippen LogP contribution in [0.3, 0.4) is 0 Å². The largest absolute Gasteiger partial charge is 0.478 e. The molecule has 214 valence electrons. The van der Waals surface area contributed by atoms with Gasteiger partial charge in [0, 0.05) is 24.9 Å². The molecule has 1 aromatic heterocycles. The fourth-order valence-electron chi connectivity index (χ4n) is 3.92. The number of halogens is 3. The number of hydrogen-bond donors (Lipinski definition) is 3. The third-order valence-electron chi connectivity index (χ3n) is 6.01. The topological polar surface area (TPSA) is 115 Å². The molecule has 1 heterocycles. The molecule has 4 N–H and O–H groups in total. The van der Waals surface area contributed by atoms with Crippen LogP contribution in [0, 0.1) is 0 Å². The van der Waals surface area contributed by atoms with E-state index in [0.717, 1.165) is 24.2 Å². The minimum Gasteiger partial charge on any atom is -0.478 e. The van der Waals surface area contributed by atoms with E-state index in [1.165, 1.54) is 18.2 Å². The number of hydrogen-bond acceptors (Lipinski definition) is 5. The quantitative estimate of drug-likeness (QED) is 0.221. The van der Waals surface area contributed by atoms with Gasteiger partial charge in [0.25, 0.3) is 0 Å². The van der Waals surface area contributed by atoms with Crippen molar-refractivity contribution in [2.45, 2.75) is 32.2 Å². The molecule has 0 spiro atoms. The molecule has 1 amide bonds. The molecule has 0 radical (unpaired) electrons. The Labute approximate surface area is 235 Å². The molecule has 0 aliphatic heterocycles. The lowest BCUT2D eigenvalue weighted by atomic mass is 9.95. The van der Waals surface area contributed by atoms with Gasteiger partial charge in [0.2, 0.25) is 0 Å². The summed E-state index contributed by atoms with van der Waals surface area (Å²) in [7, 11) is 0. The molecule has 7 nitrogen and oxygen atoms in total. The molecule has 0 fully saturated rings. The maximum atomic E-state index is 12.7. The van der Waals surface area contributed by atoms with E-state index < -0.39 is 29.9 Å². The molecule has 0 aliphatic carbocycles. The van der Waals surface area contributed by atoms with Crippen molar-refractivity contribution in [1.82, 2.24) is 10.3 Å². The zero-order chi connectivity index (χ0) is 29.8. The predicted molar refractivity (Wildman–Crippen MR) is 149 cm³/mol. The number of carboxylic acids is 1. The summed E-state index contributed by atoms with van der Waals surface area (Å²) in [6.07, 6.45) is -3.29. The monoisotopic (exact) mass is 565 g/mol. The van der Waals surface area contributed by atoms with Crippen molar-refractivity contribution in [3.8, 4) is 11.1 Å². The highest BCUT2D eigenvalue weighted by atomic mass is 19.4. The van der Waals surface area contributed by atoms with Gasteiger partial charge in [-0.1, -0.05) is 60.7 Å². The van der Waals surface area contributed by atoms with Crippen molar-refractivity contribution < 1.29 is 32.6 Å². The summed E-state index contributed by atoms with van der Waals surface area (Å²) in [5.41, 5.74) is 8.02. The van der Waals surface area contributed by atoms with Gasteiger partial charge in [0.1, 0.15) is 6.10 Å². The van der Waals surface area contributed by atoms with E-state index in [2.05, 4.69) is 10.3 Å². The molecule has 0 saturated heterocycles. The fourth-order valence-corrected chi connectivity index (χ4v) is 3.92. The molecule has 4 rings (SSSR count). The second-order valence-electron chi connectivity index (χ2n) is 8.89. The number of carboxylic acid groups (broad SMARTS) is 1. The normalized spacial score (nSPS) is 11.5. The summed E-state index contributed by atoms with van der Waals surface area (Å²) in [6, 6.07) is 23.8. The third kappa shape index (κ3) is 9.18. The van der Waals surface area contributed by atoms with E-state index in [1.807, 2.05) is 18.2 Å². The van der Waals surface area contributed by atoms with E-state index in [4.69, 9.17) is 10.5 Å². The zero-order valence-electron chi connectivity index (χ0n) is 22.3. The van der Waals surface area contributed by atoms with Gasteiger partial charge in [-0.2, -0.15) is 13.2 Å². The molecular formula is C31H30F3N3O4. The zero-order valence-corrected chi connectivity index (χ0v) is 22.3. The van der Waals surface area contributed by atoms with Crippen molar-refractivity contribution in [2.24, 2.45) is 5.73 Å². The van der Waals surface area contributed by atoms with Crippen LogP contribution in [0.4, 0.5) is 18.0 Å². The standard InChI is InChI=1S/C24H20F3NO4.C7H10N2/c1-15(16-10-12-18(13-11-16)24(25,26)27)32-23(31)28-14-17-6-2-3-7-19(17)20-8-4-5-9-21(20)22(29)30;8-5-4-7-3-1-2-6-9-7/h2-13,15H,14H2,1H3,(H,28,31)(H,29,30);1-3,6H,4-5,8H2. The first-order valence-corrected chi connectivity index (χ1v) is 12.7. The maximum Gasteiger partial charge on any atom is 0.416 e. The lowest BCUT2D eigenvalue weighted by Crippen LogP contribution is -2.25. The van der Waals surface area contributed by atoms with Crippen LogP contribution in [-0.2, 0) is 23.9 Å². The van der Waals surface area contributed by atoms with Crippen molar-refractivity contribution in [3.05, 3.63) is 125 Å². The molecule has 4 aromatic rings. The van der Waals surface area contributed by atoms with Crippen LogP contribution in [0.15, 0.2) is 97.2 Å². The number of nitrogens with one attached hydrogen (secondary N) is 1. The number of aromatic nitrogens is 1. The Morgan fingerprint density at radius 3 is 2.17 bits per heavy atom. The Morgan fingerprint density at radius 1 is 0.927 bits per heavy atom. The van der Waals surface area contributed by atoms with Gasteiger partial charge in [-0.15, -0.1) is 0 Å². The Bertz CT molecular complexity index is 1430. The Balaban J connectivity index is 0.000000436. The molecule has 41 heavy (non-hydrogen) atoms. The Kier molecular flexibility index (Phi) is 11.0. The lowest BCUT2D eigenvalue weighted by molar-refractivity contribution is -0.137. The van der Waals surface area contributed by atoms with E-state index >= 15 is 0 Å². The highest BCUT2D eigenvalue weighted by Crippen LogP contribution is 2.30. The number of ether oxygens (including phenoxy) is 1. The average Bonchev–Trinajstić information content (AvgIpc) is 2.97. The van der Waals surface area contributed by atoms with Crippen LogP contribution >= 0.6 is 0 Å². The number of alkyl halides is 3. The summed E-state index contributed by atoms with van der Waals surface area (Å²) in [5.74, 6) is -1.06. The summed E-state index contributed by atoms with van der Waals surface area (Å²) < 4.78 is 43.3. The fraction of sp³-hybridized carbons (Fsp3) is 0.194. The SMILES string of the molecule is CC(OC(=O)NCc1ccccc1-c1ccccc1C(=O)O)c1ccc(C(F)(F)F)cc1.NCCc1ccccn1. The number of pyridine rings is 1. The van der Waals surface area contributed by atoms with Crippen molar-refractivity contribution >= 4 is 12.1 Å². The number of nitrogens with two attached hydrogens (primary N) is 1. The second-order valence-corrected chi connectivity index (χ2v) is 8.89. The van der Waals surface area contributed by atoms with Crippen molar-refractivity contribution in [2.75, 3.05) is 6.54 Å². The smallest absolute Gasteiger partial charge is 0.416 e. The third-order valence-corrected chi connectivity index (χ3v) is 6.01. The Hall–Kier alpha value is -4.70. The van der Waals surface area contributed by atoms with Crippen molar-refractivity contribution in [3.63, 3.8) is 0 Å². The maximum absolute atomic E-state index is 12.7. The highest BCUT2D eigenvalue weighted by molar-refractivity contribution is 5.96. The van der Waals surface area contributed by atoms with E-state index in [-0.39, 0.29) is 12.1 Å².